The Morgan fingerprint density at radius 3 is 1.96 bits per heavy atom. The smallest absolute Gasteiger partial charge is 0.207 e. The van der Waals surface area contributed by atoms with Gasteiger partial charge < -0.3 is 0 Å². The van der Waals surface area contributed by atoms with Gasteiger partial charge in [0.05, 0.1) is 4.90 Å². The summed E-state index contributed by atoms with van der Waals surface area (Å²) in [5.41, 5.74) is 3.42. The van der Waals surface area contributed by atoms with Crippen molar-refractivity contribution in [1.29, 1.82) is 0 Å². The molecule has 2 unspecified atom stereocenters. The first kappa shape index (κ1) is 19.7. The van der Waals surface area contributed by atoms with Crippen molar-refractivity contribution < 1.29 is 8.42 Å². The van der Waals surface area contributed by atoms with Crippen LogP contribution in [-0.2, 0) is 16.4 Å². The van der Waals surface area contributed by atoms with E-state index in [1.54, 1.807) is 12.1 Å². The van der Waals surface area contributed by atoms with Crippen molar-refractivity contribution >= 4 is 10.0 Å². The Balaban J connectivity index is 2.11. The van der Waals surface area contributed by atoms with Gasteiger partial charge in [0, 0.05) is 6.04 Å². The van der Waals surface area contributed by atoms with E-state index < -0.39 is 10.0 Å². The first-order valence-corrected chi connectivity index (χ1v) is 10.6. The van der Waals surface area contributed by atoms with Gasteiger partial charge in [-0.25, -0.2) is 13.1 Å². The van der Waals surface area contributed by atoms with Crippen molar-refractivity contribution in [2.45, 2.75) is 63.8 Å². The van der Waals surface area contributed by atoms with Crippen molar-refractivity contribution in [2.24, 2.45) is 0 Å². The van der Waals surface area contributed by atoms with Crippen molar-refractivity contribution in [3.8, 4) is 0 Å². The van der Waals surface area contributed by atoms with Crippen LogP contribution in [0.5, 0.6) is 0 Å². The van der Waals surface area contributed by atoms with E-state index in [1.165, 1.54) is 5.56 Å². The highest BCUT2D eigenvalue weighted by Gasteiger charge is 2.18. The van der Waals surface area contributed by atoms with Gasteiger partial charge >= 0.3 is 0 Å². The normalized spacial score (nSPS) is 14.2. The minimum absolute atomic E-state index is 0.272. The summed E-state index contributed by atoms with van der Waals surface area (Å²) in [6.07, 6.45) is 3.11. The summed E-state index contributed by atoms with van der Waals surface area (Å²) in [7, 11) is -3.52. The maximum absolute atomic E-state index is 12.6. The van der Waals surface area contributed by atoms with Gasteiger partial charge in [0.2, 0.25) is 10.0 Å². The van der Waals surface area contributed by atoms with Crippen LogP contribution < -0.4 is 4.72 Å². The molecule has 0 saturated heterocycles. The second-order valence-electron chi connectivity index (χ2n) is 6.71. The van der Waals surface area contributed by atoms with Crippen LogP contribution in [0.3, 0.4) is 0 Å². The molecule has 136 valence electrons. The van der Waals surface area contributed by atoms with Crippen LogP contribution in [0.1, 0.15) is 69.2 Å². The van der Waals surface area contributed by atoms with Crippen LogP contribution in [0.15, 0.2) is 53.4 Å². The van der Waals surface area contributed by atoms with Gasteiger partial charge in [-0.15, -0.1) is 0 Å². The molecule has 3 nitrogen and oxygen atoms in total. The second-order valence-corrected chi connectivity index (χ2v) is 8.43. The number of sulfonamides is 1. The monoisotopic (exact) mass is 359 g/mol. The molecule has 0 bridgehead atoms. The molecule has 0 spiro atoms. The molecular weight excluding hydrogens is 330 g/mol. The molecule has 0 saturated carbocycles. The molecule has 2 rings (SSSR count). The van der Waals surface area contributed by atoms with Crippen molar-refractivity contribution in [3.63, 3.8) is 0 Å². The fourth-order valence-corrected chi connectivity index (χ4v) is 4.07. The van der Waals surface area contributed by atoms with Crippen molar-refractivity contribution in [2.75, 3.05) is 0 Å². The van der Waals surface area contributed by atoms with Gasteiger partial charge in [0.1, 0.15) is 0 Å². The summed E-state index contributed by atoms with van der Waals surface area (Å²) in [6, 6.07) is 15.1. The lowest BCUT2D eigenvalue weighted by atomic mass is 9.96. The van der Waals surface area contributed by atoms with Crippen molar-refractivity contribution in [3.05, 3.63) is 65.2 Å². The zero-order chi connectivity index (χ0) is 18.4. The number of hydrogen-bond donors (Lipinski definition) is 1. The third-order valence-electron chi connectivity index (χ3n) is 4.72. The van der Waals surface area contributed by atoms with E-state index in [1.807, 2.05) is 31.2 Å². The molecule has 0 radical (unpaired) electrons. The molecule has 4 heteroatoms. The first-order valence-electron chi connectivity index (χ1n) is 9.08. The van der Waals surface area contributed by atoms with Gasteiger partial charge in [0.25, 0.3) is 0 Å². The highest BCUT2D eigenvalue weighted by atomic mass is 32.2. The van der Waals surface area contributed by atoms with Crippen LogP contribution in [0.4, 0.5) is 0 Å². The number of nitrogens with one attached hydrogen (secondary N) is 1. The molecule has 25 heavy (non-hydrogen) atoms. The summed E-state index contributed by atoms with van der Waals surface area (Å²) >= 11 is 0. The summed E-state index contributed by atoms with van der Waals surface area (Å²) in [4.78, 5) is 0.315. The molecule has 0 fully saturated rings. The molecule has 0 aliphatic rings. The third-order valence-corrected chi connectivity index (χ3v) is 6.28. The van der Waals surface area contributed by atoms with E-state index in [0.29, 0.717) is 10.8 Å². The number of rotatable bonds is 8. The van der Waals surface area contributed by atoms with E-state index in [-0.39, 0.29) is 6.04 Å². The molecule has 2 atom stereocenters. The summed E-state index contributed by atoms with van der Waals surface area (Å²) in [5, 5.41) is 0. The molecule has 1 N–H and O–H groups in total. The molecule has 2 aromatic rings. The highest BCUT2D eigenvalue weighted by molar-refractivity contribution is 7.89. The predicted octanol–water partition coefficient (Wildman–Crippen LogP) is 5.19. The Bertz CT molecular complexity index is 765. The van der Waals surface area contributed by atoms with Gasteiger partial charge in [-0.3, -0.25) is 0 Å². The first-order chi connectivity index (χ1) is 11.9. The fourth-order valence-electron chi connectivity index (χ4n) is 2.84. The standard InChI is InChI=1S/C21H29NO2S/c1-5-7-18-8-14-21(15-9-18)25(23,24)22-17(4)20-12-10-19(11-13-20)16(3)6-2/h8-17,22H,5-7H2,1-4H3. The topological polar surface area (TPSA) is 46.2 Å². The van der Waals surface area contributed by atoms with Gasteiger partial charge in [-0.2, -0.15) is 0 Å². The van der Waals surface area contributed by atoms with E-state index >= 15 is 0 Å². The number of benzene rings is 2. The van der Waals surface area contributed by atoms with E-state index in [4.69, 9.17) is 0 Å². The van der Waals surface area contributed by atoms with E-state index in [0.717, 1.165) is 30.4 Å². The Morgan fingerprint density at radius 1 is 0.880 bits per heavy atom. The maximum atomic E-state index is 12.6. The molecular formula is C21H29NO2S. The summed E-state index contributed by atoms with van der Waals surface area (Å²) in [5.74, 6) is 0.516. The Morgan fingerprint density at radius 2 is 1.44 bits per heavy atom. The van der Waals surface area contributed by atoms with Crippen LogP contribution in [0.25, 0.3) is 0 Å². The fraction of sp³-hybridized carbons (Fsp3) is 0.429. The quantitative estimate of drug-likeness (QED) is 0.705. The lowest BCUT2D eigenvalue weighted by Gasteiger charge is -2.16. The minimum atomic E-state index is -3.52. The van der Waals surface area contributed by atoms with Gasteiger partial charge in [-0.05, 0) is 54.5 Å². The van der Waals surface area contributed by atoms with E-state index in [2.05, 4.69) is 37.6 Å². The Hall–Kier alpha value is -1.65. The molecule has 0 heterocycles. The summed E-state index contributed by atoms with van der Waals surface area (Å²) in [6.45, 7) is 8.35. The van der Waals surface area contributed by atoms with Gasteiger partial charge in [-0.1, -0.05) is 63.6 Å². The minimum Gasteiger partial charge on any atom is -0.207 e. The average molecular weight is 360 g/mol. The Labute approximate surface area is 152 Å². The lowest BCUT2D eigenvalue weighted by Crippen LogP contribution is -2.26. The molecule has 2 aromatic carbocycles. The average Bonchev–Trinajstić information content (AvgIpc) is 2.61. The lowest BCUT2D eigenvalue weighted by molar-refractivity contribution is 0.567. The number of aryl methyl sites for hydroxylation is 1. The predicted molar refractivity (Wildman–Crippen MR) is 104 cm³/mol. The Kier molecular flexibility index (Phi) is 6.79. The zero-order valence-electron chi connectivity index (χ0n) is 15.6. The van der Waals surface area contributed by atoms with Crippen molar-refractivity contribution in [1.82, 2.24) is 4.72 Å². The molecule has 0 aromatic heterocycles. The van der Waals surface area contributed by atoms with Crippen LogP contribution in [0, 0.1) is 0 Å². The molecule has 0 aliphatic heterocycles. The zero-order valence-corrected chi connectivity index (χ0v) is 16.4. The maximum Gasteiger partial charge on any atom is 0.241 e. The molecule has 0 amide bonds. The third kappa shape index (κ3) is 5.16. The van der Waals surface area contributed by atoms with Crippen LogP contribution >= 0.6 is 0 Å². The summed E-state index contributed by atoms with van der Waals surface area (Å²) < 4.78 is 28.0. The largest absolute Gasteiger partial charge is 0.241 e. The van der Waals surface area contributed by atoms with Gasteiger partial charge in [0.15, 0.2) is 0 Å². The van der Waals surface area contributed by atoms with Crippen LogP contribution in [0.2, 0.25) is 0 Å². The highest BCUT2D eigenvalue weighted by Crippen LogP contribution is 2.22. The van der Waals surface area contributed by atoms with Crippen LogP contribution in [-0.4, -0.2) is 8.42 Å². The van der Waals surface area contributed by atoms with E-state index in [9.17, 15) is 8.42 Å². The second kappa shape index (κ2) is 8.63. The SMILES string of the molecule is CCCc1ccc(S(=O)(=O)NC(C)c2ccc(C(C)CC)cc2)cc1. The number of hydrogen-bond acceptors (Lipinski definition) is 2. The molecule has 0 aliphatic carbocycles.